The number of aromatic nitrogens is 1. The number of pyridine rings is 1. The van der Waals surface area contributed by atoms with Crippen molar-refractivity contribution in [3.63, 3.8) is 0 Å². The molecule has 5 rings (SSSR count). The van der Waals surface area contributed by atoms with Crippen LogP contribution in [0.25, 0.3) is 11.1 Å². The van der Waals surface area contributed by atoms with Gasteiger partial charge < -0.3 is 14.4 Å². The summed E-state index contributed by atoms with van der Waals surface area (Å²) >= 11 is 0. The maximum atomic E-state index is 13.5. The molecule has 176 valence electrons. The molecule has 35 heavy (non-hydrogen) atoms. The zero-order valence-corrected chi connectivity index (χ0v) is 19.8. The molecule has 0 radical (unpaired) electrons. The molecule has 0 unspecified atom stereocenters. The Hall–Kier alpha value is -4.12. The fourth-order valence-electron chi connectivity index (χ4n) is 4.12. The average molecular weight is 465 g/mol. The van der Waals surface area contributed by atoms with Crippen molar-refractivity contribution in [1.29, 1.82) is 0 Å². The Morgan fingerprint density at radius 2 is 1.57 bits per heavy atom. The quantitative estimate of drug-likeness (QED) is 0.299. The lowest BCUT2D eigenvalue weighted by Gasteiger charge is -2.23. The summed E-state index contributed by atoms with van der Waals surface area (Å²) in [6.07, 6.45) is 5.57. The Balaban J connectivity index is 1.32. The van der Waals surface area contributed by atoms with Crippen LogP contribution < -0.4 is 9.47 Å². The summed E-state index contributed by atoms with van der Waals surface area (Å²) in [7, 11) is 1.63. The van der Waals surface area contributed by atoms with Crippen LogP contribution in [0.2, 0.25) is 0 Å². The molecule has 4 aromatic rings. The predicted molar refractivity (Wildman–Crippen MR) is 136 cm³/mol. The first-order valence-corrected chi connectivity index (χ1v) is 11.9. The second kappa shape index (κ2) is 10.4. The Morgan fingerprint density at radius 3 is 2.26 bits per heavy atom. The maximum Gasteiger partial charge on any atom is 0.254 e. The van der Waals surface area contributed by atoms with E-state index in [1.807, 2.05) is 77.7 Å². The van der Waals surface area contributed by atoms with Crippen molar-refractivity contribution in [2.75, 3.05) is 7.11 Å². The third-order valence-corrected chi connectivity index (χ3v) is 6.21. The molecule has 0 saturated heterocycles. The minimum Gasteiger partial charge on any atom is -0.493 e. The molecule has 0 bridgehead atoms. The molecule has 1 amide bonds. The second-order valence-electron chi connectivity index (χ2n) is 8.74. The summed E-state index contributed by atoms with van der Waals surface area (Å²) in [5, 5.41) is 0. The summed E-state index contributed by atoms with van der Waals surface area (Å²) in [4.78, 5) is 19.5. The standard InChI is InChI=1S/C30H28N2O3/c1-34-28-14-7-23(19-29(28)35-21-22-15-17-31-18-16-22)20-32(27-12-13-27)30(33)26-10-8-25(9-11-26)24-5-3-2-4-6-24/h2-11,14-19,27H,12-13,20-21H2,1H3. The van der Waals surface area contributed by atoms with E-state index in [0.29, 0.717) is 30.2 Å². The molecule has 0 spiro atoms. The Labute approximate surface area is 206 Å². The number of carbonyl (C=O) groups is 1. The van der Waals surface area contributed by atoms with Gasteiger partial charge in [-0.3, -0.25) is 9.78 Å². The molecule has 0 atom stereocenters. The van der Waals surface area contributed by atoms with Gasteiger partial charge in [-0.05, 0) is 71.5 Å². The van der Waals surface area contributed by atoms with E-state index >= 15 is 0 Å². The van der Waals surface area contributed by atoms with Gasteiger partial charge in [-0.15, -0.1) is 0 Å². The van der Waals surface area contributed by atoms with Gasteiger partial charge in [0.05, 0.1) is 7.11 Å². The Morgan fingerprint density at radius 1 is 0.857 bits per heavy atom. The van der Waals surface area contributed by atoms with Gasteiger partial charge in [0, 0.05) is 30.5 Å². The van der Waals surface area contributed by atoms with E-state index in [0.717, 1.165) is 35.1 Å². The fraction of sp³-hybridized carbons (Fsp3) is 0.200. The largest absolute Gasteiger partial charge is 0.493 e. The molecule has 1 aliphatic rings. The van der Waals surface area contributed by atoms with E-state index < -0.39 is 0 Å². The number of rotatable bonds is 9. The molecule has 1 aromatic heterocycles. The third-order valence-electron chi connectivity index (χ3n) is 6.21. The second-order valence-corrected chi connectivity index (χ2v) is 8.74. The highest BCUT2D eigenvalue weighted by Gasteiger charge is 2.33. The van der Waals surface area contributed by atoms with Crippen LogP contribution in [0.3, 0.4) is 0 Å². The first-order chi connectivity index (χ1) is 17.2. The van der Waals surface area contributed by atoms with Crippen molar-refractivity contribution < 1.29 is 14.3 Å². The first kappa shape index (κ1) is 22.7. The third kappa shape index (κ3) is 5.52. The molecule has 5 nitrogen and oxygen atoms in total. The van der Waals surface area contributed by atoms with Gasteiger partial charge in [0.25, 0.3) is 5.91 Å². The highest BCUT2D eigenvalue weighted by atomic mass is 16.5. The van der Waals surface area contributed by atoms with Crippen LogP contribution in [0.4, 0.5) is 0 Å². The minimum atomic E-state index is 0.0576. The highest BCUT2D eigenvalue weighted by molar-refractivity contribution is 5.95. The van der Waals surface area contributed by atoms with Crippen molar-refractivity contribution >= 4 is 5.91 Å². The molecule has 1 fully saturated rings. The van der Waals surface area contributed by atoms with Crippen molar-refractivity contribution in [3.05, 3.63) is 114 Å². The van der Waals surface area contributed by atoms with Gasteiger partial charge in [-0.1, -0.05) is 48.5 Å². The van der Waals surface area contributed by atoms with Gasteiger partial charge in [0.1, 0.15) is 6.61 Å². The zero-order chi connectivity index (χ0) is 24.0. The average Bonchev–Trinajstić information content (AvgIpc) is 3.77. The van der Waals surface area contributed by atoms with Crippen LogP contribution in [0, 0.1) is 0 Å². The summed E-state index contributed by atoms with van der Waals surface area (Å²) in [6.45, 7) is 0.945. The number of benzene rings is 3. The van der Waals surface area contributed by atoms with E-state index in [2.05, 4.69) is 17.1 Å². The molecule has 1 heterocycles. The number of ether oxygens (including phenoxy) is 2. The van der Waals surface area contributed by atoms with E-state index in [4.69, 9.17) is 9.47 Å². The molecular formula is C30H28N2O3. The van der Waals surface area contributed by atoms with Gasteiger partial charge in [-0.25, -0.2) is 0 Å². The van der Waals surface area contributed by atoms with Gasteiger partial charge in [-0.2, -0.15) is 0 Å². The van der Waals surface area contributed by atoms with E-state index in [1.54, 1.807) is 19.5 Å². The van der Waals surface area contributed by atoms with Crippen LogP contribution in [0.5, 0.6) is 11.5 Å². The topological polar surface area (TPSA) is 51.7 Å². The van der Waals surface area contributed by atoms with Gasteiger partial charge >= 0.3 is 0 Å². The number of nitrogens with zero attached hydrogens (tertiary/aromatic N) is 2. The van der Waals surface area contributed by atoms with E-state index in [9.17, 15) is 4.79 Å². The predicted octanol–water partition coefficient (Wildman–Crippen LogP) is 6.14. The first-order valence-electron chi connectivity index (χ1n) is 11.9. The monoisotopic (exact) mass is 464 g/mol. The lowest BCUT2D eigenvalue weighted by Crippen LogP contribution is -2.32. The molecule has 5 heteroatoms. The lowest BCUT2D eigenvalue weighted by molar-refractivity contribution is 0.0729. The van der Waals surface area contributed by atoms with Crippen molar-refractivity contribution in [1.82, 2.24) is 9.88 Å². The van der Waals surface area contributed by atoms with Crippen LogP contribution in [-0.4, -0.2) is 28.9 Å². The number of methoxy groups -OCH3 is 1. The molecule has 3 aromatic carbocycles. The van der Waals surface area contributed by atoms with Crippen LogP contribution in [-0.2, 0) is 13.2 Å². The highest BCUT2D eigenvalue weighted by Crippen LogP contribution is 2.33. The van der Waals surface area contributed by atoms with Crippen molar-refractivity contribution in [3.8, 4) is 22.6 Å². The van der Waals surface area contributed by atoms with Crippen LogP contribution in [0.1, 0.15) is 34.3 Å². The fourth-order valence-corrected chi connectivity index (χ4v) is 4.12. The molecular weight excluding hydrogens is 436 g/mol. The molecule has 0 aliphatic heterocycles. The summed E-state index contributed by atoms with van der Waals surface area (Å²) in [6, 6.07) is 28.1. The van der Waals surface area contributed by atoms with Gasteiger partial charge in [0.15, 0.2) is 11.5 Å². The molecule has 0 N–H and O–H groups in total. The number of amides is 1. The summed E-state index contributed by atoms with van der Waals surface area (Å²) in [5.74, 6) is 1.39. The molecule has 1 saturated carbocycles. The van der Waals surface area contributed by atoms with Crippen LogP contribution >= 0.6 is 0 Å². The maximum absolute atomic E-state index is 13.5. The van der Waals surface area contributed by atoms with E-state index in [1.165, 1.54) is 0 Å². The van der Waals surface area contributed by atoms with Gasteiger partial charge in [0.2, 0.25) is 0 Å². The Bertz CT molecular complexity index is 1270. The normalized spacial score (nSPS) is 12.7. The number of carbonyl (C=O) groups excluding carboxylic acids is 1. The van der Waals surface area contributed by atoms with Crippen molar-refractivity contribution in [2.24, 2.45) is 0 Å². The molecule has 1 aliphatic carbocycles. The minimum absolute atomic E-state index is 0.0576. The number of hydrogen-bond donors (Lipinski definition) is 0. The van der Waals surface area contributed by atoms with Crippen molar-refractivity contribution in [2.45, 2.75) is 32.0 Å². The lowest BCUT2D eigenvalue weighted by atomic mass is 10.0. The Kier molecular flexibility index (Phi) is 6.75. The smallest absolute Gasteiger partial charge is 0.254 e. The summed E-state index contributed by atoms with van der Waals surface area (Å²) < 4.78 is 11.6. The summed E-state index contributed by atoms with van der Waals surface area (Å²) in [5.41, 5.74) is 4.99. The number of hydrogen-bond acceptors (Lipinski definition) is 4. The van der Waals surface area contributed by atoms with Crippen LogP contribution in [0.15, 0.2) is 97.3 Å². The van der Waals surface area contributed by atoms with E-state index in [-0.39, 0.29) is 11.9 Å². The zero-order valence-electron chi connectivity index (χ0n) is 19.8. The SMILES string of the molecule is COc1ccc(CN(C(=O)c2ccc(-c3ccccc3)cc2)C2CC2)cc1OCc1ccncc1.